The van der Waals surface area contributed by atoms with E-state index in [0.29, 0.717) is 21.4 Å². The molecule has 6 heteroatoms. The third-order valence-electron chi connectivity index (χ3n) is 2.78. The van der Waals surface area contributed by atoms with Gasteiger partial charge in [-0.1, -0.05) is 29.3 Å². The Balaban J connectivity index is 2.30. The van der Waals surface area contributed by atoms with Crippen molar-refractivity contribution in [3.05, 3.63) is 58.1 Å². The molecule has 3 nitrogen and oxygen atoms in total. The van der Waals surface area contributed by atoms with Gasteiger partial charge in [0.2, 0.25) is 0 Å². The van der Waals surface area contributed by atoms with Crippen LogP contribution in [0.25, 0.3) is 0 Å². The summed E-state index contributed by atoms with van der Waals surface area (Å²) in [6.07, 6.45) is 0. The van der Waals surface area contributed by atoms with E-state index in [-0.39, 0.29) is 10.6 Å². The van der Waals surface area contributed by atoms with Gasteiger partial charge in [0.25, 0.3) is 0 Å². The lowest BCUT2D eigenvalue weighted by Gasteiger charge is -2.07. The Morgan fingerprint density at radius 1 is 1.05 bits per heavy atom. The van der Waals surface area contributed by atoms with Crippen LogP contribution in [0.3, 0.4) is 0 Å². The highest BCUT2D eigenvalue weighted by Crippen LogP contribution is 2.26. The number of halogens is 2. The molecule has 20 heavy (non-hydrogen) atoms. The summed E-state index contributed by atoms with van der Waals surface area (Å²) in [7, 11) is -1.93. The summed E-state index contributed by atoms with van der Waals surface area (Å²) in [4.78, 5) is 0.226. The molecule has 2 aromatic rings. The minimum atomic E-state index is -3.46. The largest absolute Gasteiger partial charge is 0.497 e. The van der Waals surface area contributed by atoms with Gasteiger partial charge in [-0.25, -0.2) is 8.42 Å². The first-order valence-corrected chi connectivity index (χ1v) is 8.14. The van der Waals surface area contributed by atoms with E-state index >= 15 is 0 Å². The molecule has 0 unspecified atom stereocenters. The van der Waals surface area contributed by atoms with Crippen LogP contribution in [-0.4, -0.2) is 15.5 Å². The normalized spacial score (nSPS) is 11.3. The standard InChI is InChI=1S/C14H12Cl2O3S/c1-19-12-4-6-13(7-5-12)20(17,18)9-10-2-3-11(15)8-14(10)16/h2-8H,9H2,1H3. The molecule has 0 amide bonds. The van der Waals surface area contributed by atoms with Crippen LogP contribution in [0.15, 0.2) is 47.4 Å². The average Bonchev–Trinajstić information content (AvgIpc) is 2.42. The highest BCUT2D eigenvalue weighted by Gasteiger charge is 2.17. The van der Waals surface area contributed by atoms with Crippen molar-refractivity contribution < 1.29 is 13.2 Å². The highest BCUT2D eigenvalue weighted by atomic mass is 35.5. The first kappa shape index (κ1) is 15.2. The van der Waals surface area contributed by atoms with Crippen LogP contribution >= 0.6 is 23.2 Å². The maximum absolute atomic E-state index is 12.3. The molecule has 0 atom stereocenters. The third-order valence-corrected chi connectivity index (χ3v) is 5.05. The molecule has 0 N–H and O–H groups in total. The molecule has 0 radical (unpaired) electrons. The predicted molar refractivity (Wildman–Crippen MR) is 80.3 cm³/mol. The van der Waals surface area contributed by atoms with E-state index in [1.165, 1.54) is 25.3 Å². The molecule has 0 saturated carbocycles. The number of benzene rings is 2. The van der Waals surface area contributed by atoms with Crippen LogP contribution in [0.4, 0.5) is 0 Å². The topological polar surface area (TPSA) is 43.4 Å². The summed E-state index contributed by atoms with van der Waals surface area (Å²) in [5.41, 5.74) is 0.520. The van der Waals surface area contributed by atoms with E-state index in [1.54, 1.807) is 24.3 Å². The Kier molecular flexibility index (Phi) is 4.58. The van der Waals surface area contributed by atoms with Crippen molar-refractivity contribution in [3.63, 3.8) is 0 Å². The number of rotatable bonds is 4. The first-order valence-electron chi connectivity index (χ1n) is 5.73. The molecule has 0 spiro atoms. The molecule has 0 bridgehead atoms. The molecule has 0 heterocycles. The van der Waals surface area contributed by atoms with E-state index < -0.39 is 9.84 Å². The van der Waals surface area contributed by atoms with E-state index in [4.69, 9.17) is 27.9 Å². The second-order valence-corrected chi connectivity index (χ2v) is 7.00. The highest BCUT2D eigenvalue weighted by molar-refractivity contribution is 7.90. The fourth-order valence-corrected chi connectivity index (χ4v) is 3.64. The summed E-state index contributed by atoms with van der Waals surface area (Å²) in [6, 6.07) is 11.0. The summed E-state index contributed by atoms with van der Waals surface area (Å²) < 4.78 is 29.6. The van der Waals surface area contributed by atoms with E-state index in [9.17, 15) is 8.42 Å². The smallest absolute Gasteiger partial charge is 0.182 e. The molecule has 0 saturated heterocycles. The maximum atomic E-state index is 12.3. The molecule has 0 aliphatic rings. The SMILES string of the molecule is COc1ccc(S(=O)(=O)Cc2ccc(Cl)cc2Cl)cc1. The molecule has 2 rings (SSSR count). The Labute approximate surface area is 128 Å². The predicted octanol–water partition coefficient (Wildman–Crippen LogP) is 3.98. The van der Waals surface area contributed by atoms with Gasteiger partial charge in [0.05, 0.1) is 17.8 Å². The Bertz CT molecular complexity index is 710. The minimum absolute atomic E-state index is 0.171. The number of ether oxygens (including phenoxy) is 1. The van der Waals surface area contributed by atoms with Gasteiger partial charge in [0.1, 0.15) is 5.75 Å². The van der Waals surface area contributed by atoms with Crippen LogP contribution in [0.1, 0.15) is 5.56 Å². The fourth-order valence-electron chi connectivity index (χ4n) is 1.71. The number of sulfone groups is 1. The zero-order valence-electron chi connectivity index (χ0n) is 10.6. The average molecular weight is 331 g/mol. The quantitative estimate of drug-likeness (QED) is 0.851. The molecule has 0 aromatic heterocycles. The lowest BCUT2D eigenvalue weighted by Crippen LogP contribution is -2.05. The molecular formula is C14H12Cl2O3S. The van der Waals surface area contributed by atoms with Crippen molar-refractivity contribution in [2.45, 2.75) is 10.6 Å². The van der Waals surface area contributed by atoms with Crippen molar-refractivity contribution >= 4 is 33.0 Å². The summed E-state index contributed by atoms with van der Waals surface area (Å²) in [6.45, 7) is 0. The van der Waals surface area contributed by atoms with Gasteiger partial charge in [0, 0.05) is 10.0 Å². The van der Waals surface area contributed by atoms with Gasteiger partial charge in [-0.05, 0) is 42.0 Å². The van der Waals surface area contributed by atoms with Crippen molar-refractivity contribution in [3.8, 4) is 5.75 Å². The number of hydrogen-bond acceptors (Lipinski definition) is 3. The molecular weight excluding hydrogens is 319 g/mol. The van der Waals surface area contributed by atoms with Gasteiger partial charge in [0.15, 0.2) is 9.84 Å². The number of hydrogen-bond donors (Lipinski definition) is 0. The lowest BCUT2D eigenvalue weighted by molar-refractivity contribution is 0.414. The van der Waals surface area contributed by atoms with Gasteiger partial charge in [-0.15, -0.1) is 0 Å². The summed E-state index contributed by atoms with van der Waals surface area (Å²) in [5, 5.41) is 0.815. The molecule has 106 valence electrons. The van der Waals surface area contributed by atoms with E-state index in [1.807, 2.05) is 0 Å². The Hall–Kier alpha value is -1.23. The van der Waals surface area contributed by atoms with Crippen molar-refractivity contribution in [2.75, 3.05) is 7.11 Å². The van der Waals surface area contributed by atoms with Gasteiger partial charge in [-0.2, -0.15) is 0 Å². The molecule has 0 aliphatic heterocycles. The zero-order chi connectivity index (χ0) is 14.8. The second kappa shape index (κ2) is 6.04. The minimum Gasteiger partial charge on any atom is -0.497 e. The van der Waals surface area contributed by atoms with Crippen LogP contribution < -0.4 is 4.74 Å². The van der Waals surface area contributed by atoms with E-state index in [0.717, 1.165) is 0 Å². The molecule has 0 fully saturated rings. The second-order valence-electron chi connectivity index (χ2n) is 4.17. The monoisotopic (exact) mass is 330 g/mol. The van der Waals surface area contributed by atoms with Crippen LogP contribution in [-0.2, 0) is 15.6 Å². The van der Waals surface area contributed by atoms with Gasteiger partial charge < -0.3 is 4.74 Å². The zero-order valence-corrected chi connectivity index (χ0v) is 13.0. The van der Waals surface area contributed by atoms with Crippen molar-refractivity contribution in [2.24, 2.45) is 0 Å². The molecule has 0 aliphatic carbocycles. The number of methoxy groups -OCH3 is 1. The Morgan fingerprint density at radius 2 is 1.70 bits per heavy atom. The van der Waals surface area contributed by atoms with Gasteiger partial charge in [-0.3, -0.25) is 0 Å². The maximum Gasteiger partial charge on any atom is 0.182 e. The third kappa shape index (κ3) is 3.45. The van der Waals surface area contributed by atoms with Gasteiger partial charge >= 0.3 is 0 Å². The van der Waals surface area contributed by atoms with E-state index in [2.05, 4.69) is 0 Å². The molecule has 2 aromatic carbocycles. The summed E-state index contributed by atoms with van der Waals surface area (Å²) in [5.74, 6) is 0.434. The van der Waals surface area contributed by atoms with Crippen molar-refractivity contribution in [1.29, 1.82) is 0 Å². The Morgan fingerprint density at radius 3 is 2.25 bits per heavy atom. The fraction of sp³-hybridized carbons (Fsp3) is 0.143. The lowest BCUT2D eigenvalue weighted by atomic mass is 10.2. The first-order chi connectivity index (χ1) is 9.42. The van der Waals surface area contributed by atoms with Crippen LogP contribution in [0, 0.1) is 0 Å². The summed E-state index contributed by atoms with van der Waals surface area (Å²) >= 11 is 11.8. The van der Waals surface area contributed by atoms with Crippen molar-refractivity contribution in [1.82, 2.24) is 0 Å². The van der Waals surface area contributed by atoms with Crippen LogP contribution in [0.2, 0.25) is 10.0 Å². The van der Waals surface area contributed by atoms with Crippen LogP contribution in [0.5, 0.6) is 5.75 Å².